The van der Waals surface area contributed by atoms with E-state index in [1.165, 1.54) is 16.9 Å². The molecule has 2 heterocycles. The lowest BCUT2D eigenvalue weighted by molar-refractivity contribution is 0.0529. The maximum absolute atomic E-state index is 13.8. The van der Waals surface area contributed by atoms with E-state index in [9.17, 15) is 9.59 Å². The van der Waals surface area contributed by atoms with E-state index in [1.54, 1.807) is 39.4 Å². The average molecular weight is 547 g/mol. The molecular weight excluding hydrogens is 512 g/mol. The Hall–Kier alpha value is -4.04. The molecule has 0 aliphatic heterocycles. The molecule has 0 saturated carbocycles. The number of methoxy groups -OCH3 is 2. The van der Waals surface area contributed by atoms with Crippen LogP contribution in [0.15, 0.2) is 54.4 Å². The van der Waals surface area contributed by atoms with E-state index in [0.29, 0.717) is 45.8 Å². The molecule has 1 amide bonds. The third-order valence-corrected chi connectivity index (χ3v) is 7.62. The van der Waals surface area contributed by atoms with Crippen molar-refractivity contribution >= 4 is 39.1 Å². The number of ether oxygens (including phenoxy) is 3. The second-order valence-electron chi connectivity index (χ2n) is 9.40. The summed E-state index contributed by atoms with van der Waals surface area (Å²) in [6.45, 7) is 12.6. The molecule has 0 fully saturated rings. The van der Waals surface area contributed by atoms with E-state index in [2.05, 4.69) is 43.9 Å². The Morgan fingerprint density at radius 2 is 1.85 bits per heavy atom. The average Bonchev–Trinajstić information content (AvgIpc) is 3.46. The third kappa shape index (κ3) is 5.29. The number of aryl methyl sites for hydroxylation is 1. The van der Waals surface area contributed by atoms with Gasteiger partial charge in [-0.05, 0) is 60.7 Å². The molecule has 1 N–H and O–H groups in total. The number of hydrogen-bond acceptors (Lipinski definition) is 6. The Labute approximate surface area is 233 Å². The Kier molecular flexibility index (Phi) is 8.45. The van der Waals surface area contributed by atoms with Crippen LogP contribution in [-0.2, 0) is 11.3 Å². The van der Waals surface area contributed by atoms with Crippen molar-refractivity contribution in [2.24, 2.45) is 0 Å². The SMILES string of the molecule is C=CCn1c(C(=O)Nc2scc(-c3ccc(OC)c(OC)c3)c2C(=O)OCC)c(C)c2cc(C(C)C)ccc21. The standard InChI is InChI=1S/C31H34N2O5S/c1-8-14-33-24-12-10-20(18(3)4)15-22(24)19(5)28(33)29(34)32-30-27(31(35)38-9-2)23(17-39-30)21-11-13-25(36-6)26(16-21)37-7/h8,10-13,15-18H,1,9,14H2,2-7H3,(H,32,34). The largest absolute Gasteiger partial charge is 0.493 e. The van der Waals surface area contributed by atoms with Crippen LogP contribution in [0.3, 0.4) is 0 Å². The van der Waals surface area contributed by atoms with Crippen LogP contribution in [-0.4, -0.2) is 37.3 Å². The highest BCUT2D eigenvalue weighted by Crippen LogP contribution is 2.40. The van der Waals surface area contributed by atoms with Gasteiger partial charge in [-0.1, -0.05) is 32.1 Å². The fourth-order valence-corrected chi connectivity index (χ4v) is 5.70. The van der Waals surface area contributed by atoms with Crippen molar-refractivity contribution < 1.29 is 23.8 Å². The molecule has 0 atom stereocenters. The number of thiophene rings is 1. The summed E-state index contributed by atoms with van der Waals surface area (Å²) >= 11 is 1.28. The van der Waals surface area contributed by atoms with Gasteiger partial charge in [0, 0.05) is 28.4 Å². The second-order valence-corrected chi connectivity index (χ2v) is 10.3. The molecule has 2 aromatic carbocycles. The normalized spacial score (nSPS) is 11.1. The van der Waals surface area contributed by atoms with Crippen molar-refractivity contribution in [3.8, 4) is 22.6 Å². The number of nitrogens with zero attached hydrogens (tertiary/aromatic N) is 1. The second kappa shape index (κ2) is 11.8. The monoisotopic (exact) mass is 546 g/mol. The molecule has 39 heavy (non-hydrogen) atoms. The van der Waals surface area contributed by atoms with Crippen LogP contribution in [0.1, 0.15) is 58.7 Å². The fourth-order valence-electron chi connectivity index (χ4n) is 4.74. The molecule has 4 rings (SSSR count). The van der Waals surface area contributed by atoms with Crippen LogP contribution in [0.5, 0.6) is 11.5 Å². The molecule has 2 aromatic heterocycles. The molecule has 0 aliphatic carbocycles. The summed E-state index contributed by atoms with van der Waals surface area (Å²) in [6, 6.07) is 11.7. The number of fused-ring (bicyclic) bond motifs is 1. The van der Waals surface area contributed by atoms with E-state index in [0.717, 1.165) is 22.0 Å². The Morgan fingerprint density at radius 3 is 2.49 bits per heavy atom. The highest BCUT2D eigenvalue weighted by atomic mass is 32.1. The van der Waals surface area contributed by atoms with E-state index in [4.69, 9.17) is 14.2 Å². The molecule has 0 saturated heterocycles. The van der Waals surface area contributed by atoms with Crippen LogP contribution in [0.2, 0.25) is 0 Å². The lowest BCUT2D eigenvalue weighted by Crippen LogP contribution is -2.19. The number of esters is 1. The summed E-state index contributed by atoms with van der Waals surface area (Å²) < 4.78 is 18.2. The predicted octanol–water partition coefficient (Wildman–Crippen LogP) is 7.43. The first kappa shape index (κ1) is 28.0. The number of carbonyl (C=O) groups is 2. The van der Waals surface area contributed by atoms with Gasteiger partial charge in [-0.15, -0.1) is 17.9 Å². The lowest BCUT2D eigenvalue weighted by Gasteiger charge is -2.12. The molecule has 0 aliphatic rings. The van der Waals surface area contributed by atoms with Crippen LogP contribution >= 0.6 is 11.3 Å². The summed E-state index contributed by atoms with van der Waals surface area (Å²) in [4.78, 5) is 27.0. The maximum Gasteiger partial charge on any atom is 0.341 e. The quantitative estimate of drug-likeness (QED) is 0.165. The van der Waals surface area contributed by atoms with Gasteiger partial charge in [0.25, 0.3) is 5.91 Å². The van der Waals surface area contributed by atoms with Crippen molar-refractivity contribution in [3.63, 3.8) is 0 Å². The minimum atomic E-state index is -0.510. The van der Waals surface area contributed by atoms with E-state index in [-0.39, 0.29) is 12.5 Å². The van der Waals surface area contributed by atoms with Gasteiger partial charge in [-0.25, -0.2) is 4.79 Å². The zero-order valence-electron chi connectivity index (χ0n) is 23.2. The van der Waals surface area contributed by atoms with Gasteiger partial charge in [0.05, 0.1) is 20.8 Å². The van der Waals surface area contributed by atoms with Gasteiger partial charge in [-0.2, -0.15) is 0 Å². The number of aromatic nitrogens is 1. The number of hydrogen-bond donors (Lipinski definition) is 1. The number of amides is 1. The smallest absolute Gasteiger partial charge is 0.341 e. The molecule has 4 aromatic rings. The fraction of sp³-hybridized carbons (Fsp3) is 0.290. The minimum Gasteiger partial charge on any atom is -0.493 e. The van der Waals surface area contributed by atoms with Crippen molar-refractivity contribution in [3.05, 3.63) is 76.8 Å². The van der Waals surface area contributed by atoms with E-state index in [1.807, 2.05) is 22.9 Å². The first-order valence-corrected chi connectivity index (χ1v) is 13.7. The van der Waals surface area contributed by atoms with Crippen molar-refractivity contribution in [2.75, 3.05) is 26.1 Å². The molecule has 0 unspecified atom stereocenters. The molecule has 8 heteroatoms. The van der Waals surface area contributed by atoms with E-state index < -0.39 is 5.97 Å². The van der Waals surface area contributed by atoms with Gasteiger partial charge in [0.15, 0.2) is 11.5 Å². The molecule has 204 valence electrons. The summed E-state index contributed by atoms with van der Waals surface area (Å²) in [7, 11) is 3.12. The highest BCUT2D eigenvalue weighted by Gasteiger charge is 2.26. The number of benzene rings is 2. The van der Waals surface area contributed by atoms with Crippen LogP contribution in [0.4, 0.5) is 5.00 Å². The minimum absolute atomic E-state index is 0.207. The van der Waals surface area contributed by atoms with Crippen LogP contribution < -0.4 is 14.8 Å². The van der Waals surface area contributed by atoms with Crippen molar-refractivity contribution in [1.29, 1.82) is 0 Å². The summed E-state index contributed by atoms with van der Waals surface area (Å²) in [5, 5.41) is 6.29. The number of anilines is 1. The first-order valence-electron chi connectivity index (χ1n) is 12.8. The number of carbonyl (C=O) groups excluding carboxylic acids is 2. The Bertz CT molecular complexity index is 1550. The molecule has 0 bridgehead atoms. The summed E-state index contributed by atoms with van der Waals surface area (Å²) in [6.07, 6.45) is 1.77. The Morgan fingerprint density at radius 1 is 1.10 bits per heavy atom. The van der Waals surface area contributed by atoms with Crippen molar-refractivity contribution in [1.82, 2.24) is 4.57 Å². The van der Waals surface area contributed by atoms with Gasteiger partial charge in [-0.3, -0.25) is 4.79 Å². The number of allylic oxidation sites excluding steroid dienone is 1. The van der Waals surface area contributed by atoms with Crippen LogP contribution in [0, 0.1) is 6.92 Å². The molecule has 7 nitrogen and oxygen atoms in total. The van der Waals surface area contributed by atoms with Gasteiger partial charge >= 0.3 is 5.97 Å². The van der Waals surface area contributed by atoms with E-state index >= 15 is 0 Å². The van der Waals surface area contributed by atoms with Gasteiger partial charge in [0.2, 0.25) is 0 Å². The van der Waals surface area contributed by atoms with Crippen molar-refractivity contribution in [2.45, 2.75) is 40.2 Å². The van der Waals surface area contributed by atoms with Gasteiger partial charge < -0.3 is 24.1 Å². The first-order chi connectivity index (χ1) is 18.7. The summed E-state index contributed by atoms with van der Waals surface area (Å²) in [5.41, 5.74) is 5.25. The zero-order valence-corrected chi connectivity index (χ0v) is 24.0. The topological polar surface area (TPSA) is 78.8 Å². The molecule has 0 spiro atoms. The maximum atomic E-state index is 13.8. The van der Waals surface area contributed by atoms with Gasteiger partial charge in [0.1, 0.15) is 16.3 Å². The number of rotatable bonds is 10. The zero-order chi connectivity index (χ0) is 28.3. The molecular formula is C31H34N2O5S. The Balaban J connectivity index is 1.81. The third-order valence-electron chi connectivity index (χ3n) is 6.73. The summed E-state index contributed by atoms with van der Waals surface area (Å²) in [5.74, 6) is 0.662. The molecule has 0 radical (unpaired) electrons. The lowest BCUT2D eigenvalue weighted by atomic mass is 10.0. The van der Waals surface area contributed by atoms with Crippen LogP contribution in [0.25, 0.3) is 22.0 Å². The number of nitrogens with one attached hydrogen (secondary N) is 1. The predicted molar refractivity (Wildman–Crippen MR) is 158 cm³/mol. The highest BCUT2D eigenvalue weighted by molar-refractivity contribution is 7.15.